The number of halogens is 3. The van der Waals surface area contributed by atoms with E-state index in [1.807, 2.05) is 18.2 Å². The Morgan fingerprint density at radius 1 is 1.14 bits per heavy atom. The smallest absolute Gasteiger partial charge is 0.353 e. The van der Waals surface area contributed by atoms with E-state index >= 15 is 0 Å². The summed E-state index contributed by atoms with van der Waals surface area (Å²) in [5, 5.41) is 0. The number of benzene rings is 1. The number of anilines is 1. The van der Waals surface area contributed by atoms with Crippen LogP contribution in [0.5, 0.6) is 0 Å². The summed E-state index contributed by atoms with van der Waals surface area (Å²) in [6, 6.07) is 9.89. The zero-order chi connectivity index (χ0) is 20.1. The molecule has 4 nitrogen and oxygen atoms in total. The van der Waals surface area contributed by atoms with Crippen LogP contribution >= 0.6 is 11.8 Å². The standard InChI is InChI=1S/C20H22F3N3OS/c1-2-28-14-15-5-3-6-16(13-15)19(27)26-11-9-25(10-12-26)18-17(20(21,22)23)7-4-8-24-18/h3-8,13H,2,9-12,14H2,1H3. The molecule has 0 atom stereocenters. The predicted molar refractivity (Wildman–Crippen MR) is 106 cm³/mol. The van der Waals surface area contributed by atoms with Crippen molar-refractivity contribution in [3.05, 3.63) is 59.3 Å². The molecule has 150 valence electrons. The van der Waals surface area contributed by atoms with Gasteiger partial charge in [-0.2, -0.15) is 24.9 Å². The van der Waals surface area contributed by atoms with E-state index in [0.29, 0.717) is 31.7 Å². The van der Waals surface area contributed by atoms with Crippen molar-refractivity contribution in [2.24, 2.45) is 0 Å². The number of nitrogens with zero attached hydrogens (tertiary/aromatic N) is 3. The minimum absolute atomic E-state index is 0.0688. The summed E-state index contributed by atoms with van der Waals surface area (Å²) < 4.78 is 39.7. The number of hydrogen-bond acceptors (Lipinski definition) is 4. The van der Waals surface area contributed by atoms with Crippen LogP contribution in [0.3, 0.4) is 0 Å². The summed E-state index contributed by atoms with van der Waals surface area (Å²) in [4.78, 5) is 20.0. The van der Waals surface area contributed by atoms with E-state index in [9.17, 15) is 18.0 Å². The number of hydrogen-bond donors (Lipinski definition) is 0. The number of thioether (sulfide) groups is 1. The molecule has 0 unspecified atom stereocenters. The van der Waals surface area contributed by atoms with Crippen LogP contribution in [0.25, 0.3) is 0 Å². The largest absolute Gasteiger partial charge is 0.419 e. The first-order chi connectivity index (χ1) is 13.4. The number of alkyl halides is 3. The van der Waals surface area contributed by atoms with Gasteiger partial charge in [0.15, 0.2) is 0 Å². The Bertz CT molecular complexity index is 820. The highest BCUT2D eigenvalue weighted by atomic mass is 32.2. The maximum absolute atomic E-state index is 13.2. The molecule has 0 spiro atoms. The molecule has 1 fully saturated rings. The third-order valence-electron chi connectivity index (χ3n) is 4.61. The van der Waals surface area contributed by atoms with Gasteiger partial charge in [-0.15, -0.1) is 0 Å². The van der Waals surface area contributed by atoms with Gasteiger partial charge in [-0.3, -0.25) is 4.79 Å². The average molecular weight is 409 g/mol. The summed E-state index contributed by atoms with van der Waals surface area (Å²) in [6.07, 6.45) is -3.09. The average Bonchev–Trinajstić information content (AvgIpc) is 2.71. The van der Waals surface area contributed by atoms with Crippen molar-refractivity contribution in [2.75, 3.05) is 36.8 Å². The number of amides is 1. The fraction of sp³-hybridized carbons (Fsp3) is 0.400. The molecule has 1 aromatic heterocycles. The van der Waals surface area contributed by atoms with Crippen molar-refractivity contribution >= 4 is 23.5 Å². The highest BCUT2D eigenvalue weighted by Crippen LogP contribution is 2.35. The lowest BCUT2D eigenvalue weighted by molar-refractivity contribution is -0.137. The first kappa shape index (κ1) is 20.5. The van der Waals surface area contributed by atoms with Gasteiger partial charge < -0.3 is 9.80 Å². The summed E-state index contributed by atoms with van der Waals surface area (Å²) in [5.74, 6) is 1.71. The molecule has 1 amide bonds. The van der Waals surface area contributed by atoms with Gasteiger partial charge in [0.25, 0.3) is 5.91 Å². The SMILES string of the molecule is CCSCc1cccc(C(=O)N2CCN(c3ncccc3C(F)(F)F)CC2)c1. The van der Waals surface area contributed by atoms with E-state index in [0.717, 1.165) is 23.1 Å². The molecule has 28 heavy (non-hydrogen) atoms. The van der Waals surface area contributed by atoms with Crippen LogP contribution in [0.1, 0.15) is 28.4 Å². The second kappa shape index (κ2) is 8.86. The molecule has 1 aromatic carbocycles. The van der Waals surface area contributed by atoms with Crippen LogP contribution in [0, 0.1) is 0 Å². The van der Waals surface area contributed by atoms with Crippen molar-refractivity contribution in [3.63, 3.8) is 0 Å². The van der Waals surface area contributed by atoms with Crippen molar-refractivity contribution in [1.82, 2.24) is 9.88 Å². The lowest BCUT2D eigenvalue weighted by Gasteiger charge is -2.36. The Balaban J connectivity index is 1.67. The molecule has 2 heterocycles. The van der Waals surface area contributed by atoms with Crippen molar-refractivity contribution in [2.45, 2.75) is 18.9 Å². The third kappa shape index (κ3) is 4.79. The van der Waals surface area contributed by atoms with Gasteiger partial charge in [-0.1, -0.05) is 19.1 Å². The van der Waals surface area contributed by atoms with Gasteiger partial charge in [0, 0.05) is 43.7 Å². The van der Waals surface area contributed by atoms with E-state index in [4.69, 9.17) is 0 Å². The van der Waals surface area contributed by atoms with Crippen LogP contribution in [-0.4, -0.2) is 47.7 Å². The molecule has 1 aliphatic rings. The second-order valence-corrected chi connectivity index (χ2v) is 7.76. The summed E-state index contributed by atoms with van der Waals surface area (Å²) >= 11 is 1.79. The van der Waals surface area contributed by atoms with E-state index in [-0.39, 0.29) is 11.7 Å². The Hall–Kier alpha value is -2.22. The molecule has 2 aromatic rings. The van der Waals surface area contributed by atoms with Gasteiger partial charge >= 0.3 is 6.18 Å². The Morgan fingerprint density at radius 3 is 2.57 bits per heavy atom. The van der Waals surface area contributed by atoms with Gasteiger partial charge in [0.05, 0.1) is 5.56 Å². The second-order valence-electron chi connectivity index (χ2n) is 6.49. The molecule has 0 aliphatic carbocycles. The fourth-order valence-electron chi connectivity index (χ4n) is 3.19. The summed E-state index contributed by atoms with van der Waals surface area (Å²) in [6.45, 7) is 3.45. The molecule has 1 aliphatic heterocycles. The molecule has 0 N–H and O–H groups in total. The van der Waals surface area contributed by atoms with Crippen LogP contribution in [0.15, 0.2) is 42.6 Å². The fourth-order valence-corrected chi connectivity index (χ4v) is 3.81. The number of piperazine rings is 1. The zero-order valence-electron chi connectivity index (χ0n) is 15.6. The minimum atomic E-state index is -4.45. The predicted octanol–water partition coefficient (Wildman–Crippen LogP) is 4.32. The monoisotopic (exact) mass is 409 g/mol. The molecule has 0 radical (unpaired) electrons. The molecule has 8 heteroatoms. The number of aromatic nitrogens is 1. The van der Waals surface area contributed by atoms with Gasteiger partial charge in [0.1, 0.15) is 5.82 Å². The maximum Gasteiger partial charge on any atom is 0.419 e. The van der Waals surface area contributed by atoms with E-state index in [1.54, 1.807) is 27.6 Å². The normalized spacial score (nSPS) is 15.0. The minimum Gasteiger partial charge on any atom is -0.353 e. The third-order valence-corrected chi connectivity index (χ3v) is 5.55. The Morgan fingerprint density at radius 2 is 1.89 bits per heavy atom. The molecular weight excluding hydrogens is 387 g/mol. The van der Waals surface area contributed by atoms with Gasteiger partial charge in [-0.25, -0.2) is 4.98 Å². The number of rotatable bonds is 5. The maximum atomic E-state index is 13.2. The number of pyridine rings is 1. The quantitative estimate of drug-likeness (QED) is 0.737. The van der Waals surface area contributed by atoms with Crippen LogP contribution < -0.4 is 4.90 Å². The number of carbonyl (C=O) groups excluding carboxylic acids is 1. The topological polar surface area (TPSA) is 36.4 Å². The van der Waals surface area contributed by atoms with Crippen molar-refractivity contribution in [3.8, 4) is 0 Å². The Kier molecular flexibility index (Phi) is 6.49. The van der Waals surface area contributed by atoms with Crippen molar-refractivity contribution in [1.29, 1.82) is 0 Å². The lowest BCUT2D eigenvalue weighted by Crippen LogP contribution is -2.49. The first-order valence-electron chi connectivity index (χ1n) is 9.13. The van der Waals surface area contributed by atoms with E-state index < -0.39 is 11.7 Å². The molecule has 3 rings (SSSR count). The molecular formula is C20H22F3N3OS. The van der Waals surface area contributed by atoms with Gasteiger partial charge in [0.2, 0.25) is 0 Å². The highest BCUT2D eigenvalue weighted by Gasteiger charge is 2.36. The lowest BCUT2D eigenvalue weighted by atomic mass is 10.1. The van der Waals surface area contributed by atoms with Crippen LogP contribution in [0.2, 0.25) is 0 Å². The summed E-state index contributed by atoms with van der Waals surface area (Å²) in [7, 11) is 0. The highest BCUT2D eigenvalue weighted by molar-refractivity contribution is 7.98. The molecule has 1 saturated heterocycles. The summed E-state index contributed by atoms with van der Waals surface area (Å²) in [5.41, 5.74) is 0.979. The zero-order valence-corrected chi connectivity index (χ0v) is 16.4. The number of carbonyl (C=O) groups is 1. The molecule has 0 bridgehead atoms. The van der Waals surface area contributed by atoms with Crippen LogP contribution in [0.4, 0.5) is 19.0 Å². The van der Waals surface area contributed by atoms with Crippen LogP contribution in [-0.2, 0) is 11.9 Å². The first-order valence-corrected chi connectivity index (χ1v) is 10.3. The molecule has 0 saturated carbocycles. The van der Waals surface area contributed by atoms with Crippen molar-refractivity contribution < 1.29 is 18.0 Å². The van der Waals surface area contributed by atoms with E-state index in [2.05, 4.69) is 11.9 Å². The Labute approximate surface area is 166 Å². The van der Waals surface area contributed by atoms with Gasteiger partial charge in [-0.05, 0) is 35.6 Å². The van der Waals surface area contributed by atoms with E-state index in [1.165, 1.54) is 12.3 Å².